The van der Waals surface area contributed by atoms with Crippen molar-refractivity contribution in [3.63, 3.8) is 0 Å². The van der Waals surface area contributed by atoms with E-state index in [1.165, 1.54) is 20.2 Å². The number of rotatable bonds is 3. The maximum absolute atomic E-state index is 4.35. The van der Waals surface area contributed by atoms with E-state index in [1.807, 2.05) is 90.2 Å². The first-order chi connectivity index (χ1) is 18.4. The molecule has 0 radical (unpaired) electrons. The summed E-state index contributed by atoms with van der Waals surface area (Å²) in [5, 5.41) is 15.5. The second kappa shape index (κ2) is 10.5. The fourth-order valence-electron chi connectivity index (χ4n) is 4.47. The van der Waals surface area contributed by atoms with Gasteiger partial charge in [0.15, 0.2) is 0 Å². The number of thiophene rings is 1. The molecule has 0 unspecified atom stereocenters. The zero-order chi connectivity index (χ0) is 24.9. The van der Waals surface area contributed by atoms with E-state index in [0.29, 0.717) is 0 Å². The van der Waals surface area contributed by atoms with Crippen molar-refractivity contribution >= 4 is 31.5 Å². The number of nitrogens with zero attached hydrogens (tertiary/aromatic N) is 3. The summed E-state index contributed by atoms with van der Waals surface area (Å²) in [6, 6.07) is 47.6. The van der Waals surface area contributed by atoms with Crippen molar-refractivity contribution in [1.29, 1.82) is 0 Å². The molecule has 2 heterocycles. The van der Waals surface area contributed by atoms with Gasteiger partial charge in [0, 0.05) is 36.9 Å². The van der Waals surface area contributed by atoms with Crippen LogP contribution in [0.25, 0.3) is 53.8 Å². The standard InChI is InChI=1S/C21H15N3.C12H8S/c1-4-10-16(11-5-1)19-20(17-12-6-2-7-13-17)22-24-23-21(19)18-14-8-3-9-15-18;1-3-7-11-9(5-1)10-6-2-4-8-12(10)13-11/h1-15H;1-8H. The summed E-state index contributed by atoms with van der Waals surface area (Å²) in [6.07, 6.45) is 0. The molecule has 0 bridgehead atoms. The molecule has 176 valence electrons. The highest BCUT2D eigenvalue weighted by atomic mass is 32.1. The molecular weight excluding hydrogens is 470 g/mol. The number of aromatic nitrogens is 3. The van der Waals surface area contributed by atoms with E-state index in [1.54, 1.807) is 0 Å². The molecule has 3 nitrogen and oxygen atoms in total. The third kappa shape index (κ3) is 4.75. The second-order valence-electron chi connectivity index (χ2n) is 8.55. The van der Waals surface area contributed by atoms with Gasteiger partial charge in [0.1, 0.15) is 11.4 Å². The Bertz CT molecular complexity index is 1650. The topological polar surface area (TPSA) is 38.7 Å². The minimum Gasteiger partial charge on any atom is -0.135 e. The maximum atomic E-state index is 4.35. The van der Waals surface area contributed by atoms with E-state index < -0.39 is 0 Å². The van der Waals surface area contributed by atoms with Crippen LogP contribution in [0.1, 0.15) is 0 Å². The lowest BCUT2D eigenvalue weighted by Crippen LogP contribution is -1.99. The van der Waals surface area contributed by atoms with Crippen molar-refractivity contribution in [3.05, 3.63) is 140 Å². The van der Waals surface area contributed by atoms with Gasteiger partial charge in [-0.3, -0.25) is 0 Å². The zero-order valence-corrected chi connectivity index (χ0v) is 20.8. The minimum atomic E-state index is 0.843. The predicted octanol–water partition coefficient (Wildman–Crippen LogP) is 8.93. The highest BCUT2D eigenvalue weighted by molar-refractivity contribution is 7.25. The normalized spacial score (nSPS) is 10.7. The lowest BCUT2D eigenvalue weighted by atomic mass is 9.95. The Kier molecular flexibility index (Phi) is 6.48. The quantitative estimate of drug-likeness (QED) is 0.247. The smallest absolute Gasteiger partial charge is 0.105 e. The Morgan fingerprint density at radius 3 is 1.22 bits per heavy atom. The molecule has 0 atom stereocenters. The first kappa shape index (κ1) is 22.8. The molecule has 0 saturated heterocycles. The lowest BCUT2D eigenvalue weighted by molar-refractivity contribution is 0.878. The molecule has 2 aromatic heterocycles. The Morgan fingerprint density at radius 1 is 0.378 bits per heavy atom. The van der Waals surface area contributed by atoms with Crippen molar-refractivity contribution in [2.24, 2.45) is 0 Å². The first-order valence-corrected chi connectivity index (χ1v) is 13.0. The van der Waals surface area contributed by atoms with Crippen LogP contribution < -0.4 is 0 Å². The monoisotopic (exact) mass is 493 g/mol. The highest BCUT2D eigenvalue weighted by Crippen LogP contribution is 2.36. The van der Waals surface area contributed by atoms with E-state index in [2.05, 4.69) is 76.1 Å². The van der Waals surface area contributed by atoms with Crippen molar-refractivity contribution in [1.82, 2.24) is 15.4 Å². The van der Waals surface area contributed by atoms with Crippen LogP contribution in [0.15, 0.2) is 140 Å². The first-order valence-electron chi connectivity index (χ1n) is 12.1. The molecule has 37 heavy (non-hydrogen) atoms. The van der Waals surface area contributed by atoms with Gasteiger partial charge in [0.25, 0.3) is 0 Å². The third-order valence-corrected chi connectivity index (χ3v) is 7.36. The van der Waals surface area contributed by atoms with Crippen molar-refractivity contribution in [2.75, 3.05) is 0 Å². The summed E-state index contributed by atoms with van der Waals surface area (Å²) in [5.41, 5.74) is 5.83. The number of benzene rings is 5. The van der Waals surface area contributed by atoms with Crippen LogP contribution in [-0.4, -0.2) is 15.4 Å². The lowest BCUT2D eigenvalue weighted by Gasteiger charge is -2.12. The highest BCUT2D eigenvalue weighted by Gasteiger charge is 2.17. The summed E-state index contributed by atoms with van der Waals surface area (Å²) < 4.78 is 2.76. The molecule has 0 amide bonds. The van der Waals surface area contributed by atoms with E-state index in [-0.39, 0.29) is 0 Å². The van der Waals surface area contributed by atoms with Crippen LogP contribution >= 0.6 is 11.3 Å². The van der Waals surface area contributed by atoms with Crippen LogP contribution in [0.3, 0.4) is 0 Å². The van der Waals surface area contributed by atoms with Gasteiger partial charge in [-0.05, 0) is 22.9 Å². The van der Waals surface area contributed by atoms with E-state index >= 15 is 0 Å². The molecular formula is C33H23N3S. The van der Waals surface area contributed by atoms with Crippen LogP contribution in [0.5, 0.6) is 0 Å². The molecule has 4 heteroatoms. The van der Waals surface area contributed by atoms with Gasteiger partial charge in [0.2, 0.25) is 0 Å². The van der Waals surface area contributed by atoms with Crippen LogP contribution in [0.2, 0.25) is 0 Å². The van der Waals surface area contributed by atoms with Gasteiger partial charge in [-0.2, -0.15) is 0 Å². The molecule has 7 rings (SSSR count). The van der Waals surface area contributed by atoms with Crippen LogP contribution in [0, 0.1) is 0 Å². The fraction of sp³-hybridized carbons (Fsp3) is 0. The Hall–Kier alpha value is -4.67. The number of fused-ring (bicyclic) bond motifs is 3. The SMILES string of the molecule is c1ccc(-c2nnnc(-c3ccccc3)c2-c2ccccc2)cc1.c1ccc2c(c1)sc1ccccc12. The molecule has 0 spiro atoms. The van der Waals surface area contributed by atoms with Crippen LogP contribution in [0.4, 0.5) is 0 Å². The van der Waals surface area contributed by atoms with Gasteiger partial charge in [-0.15, -0.1) is 21.5 Å². The zero-order valence-electron chi connectivity index (χ0n) is 20.0. The summed E-state index contributed by atoms with van der Waals surface area (Å²) in [5.74, 6) is 0. The van der Waals surface area contributed by atoms with E-state index in [9.17, 15) is 0 Å². The van der Waals surface area contributed by atoms with E-state index in [4.69, 9.17) is 0 Å². The number of hydrogen-bond donors (Lipinski definition) is 0. The average molecular weight is 494 g/mol. The molecule has 0 aliphatic carbocycles. The summed E-state index contributed by atoms with van der Waals surface area (Å²) in [7, 11) is 0. The van der Waals surface area contributed by atoms with Gasteiger partial charge >= 0.3 is 0 Å². The summed E-state index contributed by atoms with van der Waals surface area (Å²) >= 11 is 1.86. The molecule has 0 aliphatic heterocycles. The Labute approximate surface area is 219 Å². The number of hydrogen-bond acceptors (Lipinski definition) is 4. The summed E-state index contributed by atoms with van der Waals surface area (Å²) in [6.45, 7) is 0. The maximum Gasteiger partial charge on any atom is 0.105 e. The Balaban J connectivity index is 0.000000162. The van der Waals surface area contributed by atoms with Crippen molar-refractivity contribution in [3.8, 4) is 33.6 Å². The molecule has 0 fully saturated rings. The van der Waals surface area contributed by atoms with E-state index in [0.717, 1.165) is 33.6 Å². The Morgan fingerprint density at radius 2 is 0.757 bits per heavy atom. The largest absolute Gasteiger partial charge is 0.135 e. The third-order valence-electron chi connectivity index (χ3n) is 6.20. The predicted molar refractivity (Wildman–Crippen MR) is 155 cm³/mol. The molecule has 0 aliphatic rings. The average Bonchev–Trinajstić information content (AvgIpc) is 3.37. The van der Waals surface area contributed by atoms with Crippen LogP contribution in [-0.2, 0) is 0 Å². The molecule has 0 saturated carbocycles. The minimum absolute atomic E-state index is 0.843. The fourth-order valence-corrected chi connectivity index (χ4v) is 5.58. The molecule has 0 N–H and O–H groups in total. The van der Waals surface area contributed by atoms with Gasteiger partial charge in [-0.1, -0.05) is 127 Å². The second-order valence-corrected chi connectivity index (χ2v) is 9.64. The molecule has 7 aromatic rings. The van der Waals surface area contributed by atoms with Crippen molar-refractivity contribution in [2.45, 2.75) is 0 Å². The van der Waals surface area contributed by atoms with Gasteiger partial charge in [0.05, 0.1) is 0 Å². The van der Waals surface area contributed by atoms with Gasteiger partial charge < -0.3 is 0 Å². The van der Waals surface area contributed by atoms with Crippen molar-refractivity contribution < 1.29 is 0 Å². The summed E-state index contributed by atoms with van der Waals surface area (Å²) in [4.78, 5) is 0. The molecule has 5 aromatic carbocycles. The van der Waals surface area contributed by atoms with Gasteiger partial charge in [-0.25, -0.2) is 0 Å².